The summed E-state index contributed by atoms with van der Waals surface area (Å²) in [5, 5.41) is 3.06. The van der Waals surface area contributed by atoms with E-state index in [0.29, 0.717) is 9.77 Å². The van der Waals surface area contributed by atoms with Crippen LogP contribution in [0.4, 0.5) is 0 Å². The minimum atomic E-state index is -3.17. The summed E-state index contributed by atoms with van der Waals surface area (Å²) in [6.07, 6.45) is 0.976. The van der Waals surface area contributed by atoms with Gasteiger partial charge in [0, 0.05) is 23.0 Å². The van der Waals surface area contributed by atoms with Gasteiger partial charge in [-0.2, -0.15) is 0 Å². The molecule has 1 amide bonds. The van der Waals surface area contributed by atoms with Gasteiger partial charge in [-0.15, -0.1) is 11.3 Å². The maximum absolute atomic E-state index is 12.3. The van der Waals surface area contributed by atoms with E-state index >= 15 is 0 Å². The van der Waals surface area contributed by atoms with E-state index in [1.165, 1.54) is 11.3 Å². The van der Waals surface area contributed by atoms with Crippen LogP contribution in [0, 0.1) is 0 Å². The Kier molecular flexibility index (Phi) is 5.27. The van der Waals surface area contributed by atoms with Crippen LogP contribution in [0.5, 0.6) is 0 Å². The predicted octanol–water partition coefficient (Wildman–Crippen LogP) is 2.64. The number of nitrogens with zero attached hydrogens (tertiary/aromatic N) is 1. The Bertz CT molecular complexity index is 857. The molecule has 1 aliphatic rings. The number of carbonyl (C=O) groups excluding carboxylic acids is 1. The van der Waals surface area contributed by atoms with Crippen molar-refractivity contribution in [2.45, 2.75) is 23.6 Å². The fourth-order valence-electron chi connectivity index (χ4n) is 2.89. The normalized spacial score (nSPS) is 18.4. The molecule has 1 saturated heterocycles. The van der Waals surface area contributed by atoms with E-state index < -0.39 is 9.84 Å². The maximum Gasteiger partial charge on any atom is 0.251 e. The number of nitrogens with one attached hydrogen (secondary N) is 1. The SMILES string of the molecule is CCS(=O)(=O)c1ccc(-c2ccc(C(=O)NC3CCN(C)C3)cc2)s1. The third-order valence-corrected chi connectivity index (χ3v) is 7.88. The highest BCUT2D eigenvalue weighted by atomic mass is 32.2. The number of benzene rings is 1. The van der Waals surface area contributed by atoms with Crippen molar-refractivity contribution in [1.82, 2.24) is 10.2 Å². The first-order valence-corrected chi connectivity index (χ1v) is 10.8. The van der Waals surface area contributed by atoms with E-state index in [1.54, 1.807) is 25.1 Å². The molecule has 0 saturated carbocycles. The molecule has 0 aliphatic carbocycles. The van der Waals surface area contributed by atoms with E-state index in [1.807, 2.05) is 18.2 Å². The fraction of sp³-hybridized carbons (Fsp3) is 0.389. The highest BCUT2D eigenvalue weighted by Crippen LogP contribution is 2.31. The highest BCUT2D eigenvalue weighted by molar-refractivity contribution is 7.93. The Morgan fingerprint density at radius 1 is 1.24 bits per heavy atom. The molecule has 1 atom stereocenters. The summed E-state index contributed by atoms with van der Waals surface area (Å²) in [4.78, 5) is 15.4. The fourth-order valence-corrected chi connectivity index (χ4v) is 5.33. The zero-order valence-electron chi connectivity index (χ0n) is 14.4. The number of amides is 1. The first kappa shape index (κ1) is 18.1. The van der Waals surface area contributed by atoms with Gasteiger partial charge >= 0.3 is 0 Å². The molecule has 134 valence electrons. The number of carbonyl (C=O) groups is 1. The zero-order valence-corrected chi connectivity index (χ0v) is 16.0. The molecule has 1 aromatic carbocycles. The van der Waals surface area contributed by atoms with Crippen LogP contribution in [0.3, 0.4) is 0 Å². The molecule has 1 aromatic heterocycles. The number of sulfone groups is 1. The average Bonchev–Trinajstić information content (AvgIpc) is 3.25. The van der Waals surface area contributed by atoms with Gasteiger partial charge in [-0.1, -0.05) is 19.1 Å². The highest BCUT2D eigenvalue weighted by Gasteiger charge is 2.21. The molecule has 2 aromatic rings. The molecule has 3 rings (SSSR count). The van der Waals surface area contributed by atoms with Crippen molar-refractivity contribution in [2.75, 3.05) is 25.9 Å². The van der Waals surface area contributed by atoms with E-state index in [9.17, 15) is 13.2 Å². The van der Waals surface area contributed by atoms with Gasteiger partial charge in [0.2, 0.25) is 0 Å². The molecule has 1 fully saturated rings. The summed E-state index contributed by atoms with van der Waals surface area (Å²) in [7, 11) is -1.12. The van der Waals surface area contributed by atoms with Crippen LogP contribution >= 0.6 is 11.3 Å². The molecule has 0 spiro atoms. The molecule has 1 aliphatic heterocycles. The van der Waals surface area contributed by atoms with Crippen LogP contribution in [-0.2, 0) is 9.84 Å². The van der Waals surface area contributed by atoms with E-state index in [0.717, 1.165) is 30.0 Å². The molecule has 5 nitrogen and oxygen atoms in total. The van der Waals surface area contributed by atoms with Crippen LogP contribution < -0.4 is 5.32 Å². The van der Waals surface area contributed by atoms with Gasteiger partial charge in [0.25, 0.3) is 5.91 Å². The lowest BCUT2D eigenvalue weighted by atomic mass is 10.1. The minimum Gasteiger partial charge on any atom is -0.348 e. The van der Waals surface area contributed by atoms with Crippen molar-refractivity contribution in [3.63, 3.8) is 0 Å². The van der Waals surface area contributed by atoms with Crippen molar-refractivity contribution in [1.29, 1.82) is 0 Å². The predicted molar refractivity (Wildman–Crippen MR) is 101 cm³/mol. The summed E-state index contributed by atoms with van der Waals surface area (Å²) in [6, 6.07) is 11.0. The van der Waals surface area contributed by atoms with Crippen LogP contribution in [-0.4, -0.2) is 51.2 Å². The molecule has 0 bridgehead atoms. The van der Waals surface area contributed by atoms with Gasteiger partial charge in [-0.05, 0) is 49.8 Å². The van der Waals surface area contributed by atoms with Gasteiger partial charge < -0.3 is 10.2 Å². The smallest absolute Gasteiger partial charge is 0.251 e. The first-order chi connectivity index (χ1) is 11.9. The largest absolute Gasteiger partial charge is 0.348 e. The number of hydrogen-bond acceptors (Lipinski definition) is 5. The number of likely N-dealkylation sites (N-methyl/N-ethyl adjacent to an activating group) is 1. The molecule has 7 heteroatoms. The lowest BCUT2D eigenvalue weighted by molar-refractivity contribution is 0.0938. The summed E-state index contributed by atoms with van der Waals surface area (Å²) in [5.41, 5.74) is 1.54. The van der Waals surface area contributed by atoms with Gasteiger partial charge in [0.05, 0.1) is 5.75 Å². The monoisotopic (exact) mass is 378 g/mol. The van der Waals surface area contributed by atoms with Gasteiger partial charge in [0.15, 0.2) is 9.84 Å². The van der Waals surface area contributed by atoms with Crippen molar-refractivity contribution in [2.24, 2.45) is 0 Å². The van der Waals surface area contributed by atoms with E-state index in [-0.39, 0.29) is 17.7 Å². The van der Waals surface area contributed by atoms with Crippen LogP contribution in [0.2, 0.25) is 0 Å². The standard InChI is InChI=1S/C18H22N2O3S2/c1-3-25(22,23)17-9-8-16(24-17)13-4-6-14(7-5-13)18(21)19-15-10-11-20(2)12-15/h4-9,15H,3,10-12H2,1-2H3,(H,19,21). The second-order valence-electron chi connectivity index (χ2n) is 6.32. The molecular formula is C18H22N2O3S2. The number of rotatable bonds is 5. The minimum absolute atomic E-state index is 0.0627. The summed E-state index contributed by atoms with van der Waals surface area (Å²) >= 11 is 1.26. The third-order valence-electron chi connectivity index (χ3n) is 4.43. The number of thiophene rings is 1. The Hall–Kier alpha value is -1.70. The van der Waals surface area contributed by atoms with Crippen molar-refractivity contribution >= 4 is 27.1 Å². The van der Waals surface area contributed by atoms with Crippen molar-refractivity contribution in [3.8, 4) is 10.4 Å². The van der Waals surface area contributed by atoms with Crippen molar-refractivity contribution < 1.29 is 13.2 Å². The Morgan fingerprint density at radius 2 is 1.96 bits per heavy atom. The molecule has 2 heterocycles. The Balaban J connectivity index is 1.71. The molecular weight excluding hydrogens is 356 g/mol. The quantitative estimate of drug-likeness (QED) is 0.869. The molecule has 1 N–H and O–H groups in total. The topological polar surface area (TPSA) is 66.5 Å². The van der Waals surface area contributed by atoms with Crippen molar-refractivity contribution in [3.05, 3.63) is 42.0 Å². The van der Waals surface area contributed by atoms with Crippen LogP contribution in [0.25, 0.3) is 10.4 Å². The van der Waals surface area contributed by atoms with E-state index in [2.05, 4.69) is 17.3 Å². The second kappa shape index (κ2) is 7.27. The number of hydrogen-bond donors (Lipinski definition) is 1. The third kappa shape index (κ3) is 4.11. The lowest BCUT2D eigenvalue weighted by Gasteiger charge is -2.13. The lowest BCUT2D eigenvalue weighted by Crippen LogP contribution is -2.36. The Labute approximate surface area is 152 Å². The van der Waals surface area contributed by atoms with Gasteiger partial charge in [-0.25, -0.2) is 8.42 Å². The van der Waals surface area contributed by atoms with Crippen LogP contribution in [0.1, 0.15) is 23.7 Å². The second-order valence-corrected chi connectivity index (χ2v) is 9.91. The van der Waals surface area contributed by atoms with Gasteiger partial charge in [0.1, 0.15) is 4.21 Å². The molecule has 1 unspecified atom stereocenters. The maximum atomic E-state index is 12.3. The molecule has 25 heavy (non-hydrogen) atoms. The van der Waals surface area contributed by atoms with Crippen LogP contribution in [0.15, 0.2) is 40.6 Å². The van der Waals surface area contributed by atoms with Gasteiger partial charge in [-0.3, -0.25) is 4.79 Å². The molecule has 0 radical (unpaired) electrons. The van der Waals surface area contributed by atoms with E-state index in [4.69, 9.17) is 0 Å². The number of likely N-dealkylation sites (tertiary alicyclic amines) is 1. The summed E-state index contributed by atoms with van der Waals surface area (Å²) < 4.78 is 24.2. The first-order valence-electron chi connectivity index (χ1n) is 8.31. The summed E-state index contributed by atoms with van der Waals surface area (Å²) in [5.74, 6) is 0.0369. The zero-order chi connectivity index (χ0) is 18.0. The Morgan fingerprint density at radius 3 is 2.56 bits per heavy atom. The average molecular weight is 379 g/mol. The summed E-state index contributed by atoms with van der Waals surface area (Å²) in [6.45, 7) is 3.53.